The number of imide groups is 1. The molecule has 3 heterocycles. The van der Waals surface area contributed by atoms with E-state index in [-0.39, 0.29) is 58.0 Å². The van der Waals surface area contributed by atoms with E-state index in [1.165, 1.54) is 23.5 Å². The molecule has 4 aliphatic rings. The Labute approximate surface area is 225 Å². The Morgan fingerprint density at radius 1 is 1.08 bits per heavy atom. The van der Waals surface area contributed by atoms with Crippen molar-refractivity contribution in [1.82, 2.24) is 9.88 Å². The lowest BCUT2D eigenvalue weighted by molar-refractivity contribution is -0.143. The molecule has 7 nitrogen and oxygen atoms in total. The minimum Gasteiger partial charge on any atom is -0.325 e. The van der Waals surface area contributed by atoms with Gasteiger partial charge in [0, 0.05) is 21.7 Å². The summed E-state index contributed by atoms with van der Waals surface area (Å²) in [5.41, 5.74) is 2.53. The number of aromatic nitrogens is 1. The van der Waals surface area contributed by atoms with Gasteiger partial charge >= 0.3 is 4.87 Å². The van der Waals surface area contributed by atoms with Gasteiger partial charge in [0.1, 0.15) is 12.4 Å². The molecule has 0 spiro atoms. The smallest absolute Gasteiger partial charge is 0.305 e. The van der Waals surface area contributed by atoms with Gasteiger partial charge in [-0.3, -0.25) is 24.1 Å². The van der Waals surface area contributed by atoms with E-state index in [4.69, 9.17) is 0 Å². The maximum absolute atomic E-state index is 13.8. The SMILES string of the molecule is Cc1cccc(NC(=O)CN2C(=O)C3C4CC(C3C2=O)[C@H]2C(c3ccc(F)cc3)c3sc(=O)[nH]c3SC42)c1. The fraction of sp³-hybridized carbons (Fsp3) is 0.357. The average molecular weight is 550 g/mol. The molecule has 6 unspecified atom stereocenters. The third-order valence-electron chi connectivity index (χ3n) is 8.65. The number of anilines is 1. The predicted molar refractivity (Wildman–Crippen MR) is 141 cm³/mol. The van der Waals surface area contributed by atoms with Crippen LogP contribution in [0.2, 0.25) is 0 Å². The molecule has 7 atom stereocenters. The highest BCUT2D eigenvalue weighted by Crippen LogP contribution is 2.68. The first-order chi connectivity index (χ1) is 18.3. The van der Waals surface area contributed by atoms with Crippen molar-refractivity contribution >= 4 is 46.5 Å². The predicted octanol–water partition coefficient (Wildman–Crippen LogP) is 4.00. The number of likely N-dealkylation sites (tertiary alicyclic amines) is 1. The number of thiazole rings is 1. The lowest BCUT2D eigenvalue weighted by atomic mass is 9.68. The number of nitrogens with zero attached hydrogens (tertiary/aromatic N) is 1. The molecule has 1 saturated heterocycles. The minimum absolute atomic E-state index is 0.0271. The van der Waals surface area contributed by atoms with Crippen molar-refractivity contribution in [3.05, 3.63) is 80.0 Å². The monoisotopic (exact) mass is 549 g/mol. The minimum atomic E-state index is -0.471. The van der Waals surface area contributed by atoms with Crippen LogP contribution in [-0.2, 0) is 14.4 Å². The second kappa shape index (κ2) is 8.64. The van der Waals surface area contributed by atoms with Crippen LogP contribution >= 0.6 is 23.1 Å². The zero-order chi connectivity index (χ0) is 26.3. The zero-order valence-electron chi connectivity index (χ0n) is 20.3. The van der Waals surface area contributed by atoms with Crippen molar-refractivity contribution in [2.75, 3.05) is 11.9 Å². The first kappa shape index (κ1) is 23.8. The number of nitrogens with one attached hydrogen (secondary N) is 2. The summed E-state index contributed by atoms with van der Waals surface area (Å²) in [6, 6.07) is 13.7. The number of thioether (sulfide) groups is 1. The Morgan fingerprint density at radius 3 is 2.55 bits per heavy atom. The van der Waals surface area contributed by atoms with Gasteiger partial charge in [-0.25, -0.2) is 4.39 Å². The van der Waals surface area contributed by atoms with E-state index in [0.29, 0.717) is 5.69 Å². The number of amides is 3. The van der Waals surface area contributed by atoms with E-state index < -0.39 is 17.7 Å². The van der Waals surface area contributed by atoms with Crippen LogP contribution in [0, 0.1) is 42.3 Å². The first-order valence-electron chi connectivity index (χ1n) is 12.7. The highest BCUT2D eigenvalue weighted by molar-refractivity contribution is 8.00. The third kappa shape index (κ3) is 3.53. The summed E-state index contributed by atoms with van der Waals surface area (Å²) in [5.74, 6) is -2.40. The van der Waals surface area contributed by atoms with Gasteiger partial charge in [0.15, 0.2) is 0 Å². The first-order valence-corrected chi connectivity index (χ1v) is 14.4. The van der Waals surface area contributed by atoms with Crippen LogP contribution in [0.3, 0.4) is 0 Å². The maximum Gasteiger partial charge on any atom is 0.305 e. The molecule has 38 heavy (non-hydrogen) atoms. The van der Waals surface area contributed by atoms with E-state index in [1.54, 1.807) is 30.0 Å². The number of carbonyl (C=O) groups is 3. The standard InChI is InChI=1S/C28H24FN3O4S2/c1-12-3-2-4-15(9-12)30-18(33)11-32-26(34)21-16-10-17(22(21)27(32)35)23-20(16)19(13-5-7-14(29)8-6-13)24-25(37-23)31-28(36)38-24/h2-9,16-17,19-23H,10-11H2,1H3,(H,30,33)(H,31,36)/t16?,17?,19?,20-,21?,22?,23?/m0/s1. The highest BCUT2D eigenvalue weighted by atomic mass is 32.2. The van der Waals surface area contributed by atoms with Gasteiger partial charge in [-0.05, 0) is 66.5 Å². The topological polar surface area (TPSA) is 99.3 Å². The van der Waals surface area contributed by atoms with Crippen LogP contribution in [0.25, 0.3) is 0 Å². The number of benzene rings is 2. The number of carbonyl (C=O) groups excluding carboxylic acids is 3. The van der Waals surface area contributed by atoms with Crippen molar-refractivity contribution in [1.29, 1.82) is 0 Å². The molecule has 1 aromatic heterocycles. The number of hydrogen-bond acceptors (Lipinski definition) is 6. The fourth-order valence-electron chi connectivity index (χ4n) is 7.34. The average Bonchev–Trinajstić information content (AvgIpc) is 3.60. The molecule has 7 rings (SSSR count). The van der Waals surface area contributed by atoms with Crippen LogP contribution in [0.15, 0.2) is 58.4 Å². The van der Waals surface area contributed by atoms with E-state index in [1.807, 2.05) is 25.1 Å². The van der Waals surface area contributed by atoms with Gasteiger partial charge in [0.05, 0.1) is 16.9 Å². The third-order valence-corrected chi connectivity index (χ3v) is 11.2. The Morgan fingerprint density at radius 2 is 1.82 bits per heavy atom. The number of rotatable bonds is 4. The number of aromatic amines is 1. The van der Waals surface area contributed by atoms with E-state index in [0.717, 1.165) is 32.4 Å². The van der Waals surface area contributed by atoms with E-state index in [9.17, 15) is 23.6 Å². The van der Waals surface area contributed by atoms with Gasteiger partial charge in [-0.15, -0.1) is 11.8 Å². The second-order valence-corrected chi connectivity index (χ2v) is 12.9. The summed E-state index contributed by atoms with van der Waals surface area (Å²) in [6.07, 6.45) is 0.759. The summed E-state index contributed by atoms with van der Waals surface area (Å²) in [6.45, 7) is 1.62. The van der Waals surface area contributed by atoms with Crippen molar-refractivity contribution in [2.45, 2.75) is 29.5 Å². The van der Waals surface area contributed by atoms with Crippen molar-refractivity contribution in [3.63, 3.8) is 0 Å². The molecule has 10 heteroatoms. The number of fused-ring (bicyclic) bond motifs is 9. The zero-order valence-corrected chi connectivity index (χ0v) is 22.0. The molecule has 2 aliphatic heterocycles. The molecule has 3 fully saturated rings. The molecule has 0 radical (unpaired) electrons. The van der Waals surface area contributed by atoms with Crippen molar-refractivity contribution in [3.8, 4) is 0 Å². The molecule has 3 aromatic rings. The van der Waals surface area contributed by atoms with Gasteiger partial charge in [-0.2, -0.15) is 0 Å². The number of halogens is 1. The van der Waals surface area contributed by atoms with Crippen molar-refractivity contribution in [2.24, 2.45) is 29.6 Å². The summed E-state index contributed by atoms with van der Waals surface area (Å²) < 4.78 is 13.8. The normalized spacial score (nSPS) is 30.8. The van der Waals surface area contributed by atoms with Gasteiger partial charge in [0.2, 0.25) is 17.7 Å². The van der Waals surface area contributed by atoms with Gasteiger partial charge in [-0.1, -0.05) is 35.6 Å². The number of hydrogen-bond donors (Lipinski definition) is 2. The molecule has 2 bridgehead atoms. The van der Waals surface area contributed by atoms with Crippen LogP contribution < -0.4 is 10.2 Å². The van der Waals surface area contributed by atoms with Crippen LogP contribution in [0.4, 0.5) is 10.1 Å². The molecule has 3 amide bonds. The summed E-state index contributed by atoms with van der Waals surface area (Å²) >= 11 is 2.77. The lowest BCUT2D eigenvalue weighted by Gasteiger charge is -2.43. The quantitative estimate of drug-likeness (QED) is 0.480. The summed E-state index contributed by atoms with van der Waals surface area (Å²) in [4.78, 5) is 57.2. The maximum atomic E-state index is 13.8. The van der Waals surface area contributed by atoms with Gasteiger partial charge in [0.25, 0.3) is 0 Å². The van der Waals surface area contributed by atoms with Crippen LogP contribution in [0.5, 0.6) is 0 Å². The molecule has 194 valence electrons. The highest BCUT2D eigenvalue weighted by Gasteiger charge is 2.69. The number of H-pyrrole nitrogens is 1. The van der Waals surface area contributed by atoms with Crippen LogP contribution in [-0.4, -0.2) is 39.4 Å². The summed E-state index contributed by atoms with van der Waals surface area (Å²) in [7, 11) is 0. The molecule has 2 N–H and O–H groups in total. The molecular formula is C28H24FN3O4S2. The summed E-state index contributed by atoms with van der Waals surface area (Å²) in [5, 5.41) is 3.66. The molecule has 2 saturated carbocycles. The Bertz CT molecular complexity index is 1550. The molecule has 2 aromatic carbocycles. The Kier molecular flexibility index (Phi) is 5.42. The Balaban J connectivity index is 1.19. The molecule has 2 aliphatic carbocycles. The second-order valence-electron chi connectivity index (χ2n) is 10.7. The Hall–Kier alpha value is -3.24. The fourth-order valence-corrected chi connectivity index (χ4v) is 10.2. The van der Waals surface area contributed by atoms with Gasteiger partial charge < -0.3 is 10.3 Å². The van der Waals surface area contributed by atoms with E-state index >= 15 is 0 Å². The largest absolute Gasteiger partial charge is 0.325 e. The number of aryl methyl sites for hydroxylation is 1. The lowest BCUT2D eigenvalue weighted by Crippen LogP contribution is -2.42. The van der Waals surface area contributed by atoms with E-state index in [2.05, 4.69) is 10.3 Å². The van der Waals surface area contributed by atoms with Crippen molar-refractivity contribution < 1.29 is 18.8 Å². The van der Waals surface area contributed by atoms with Crippen LogP contribution in [0.1, 0.15) is 28.3 Å². The molecular weight excluding hydrogens is 525 g/mol.